The highest BCUT2D eigenvalue weighted by Gasteiger charge is 2.34. The molecular weight excluding hydrogens is 154 g/mol. The summed E-state index contributed by atoms with van der Waals surface area (Å²) in [4.78, 5) is 0. The standard InChI is InChI=1S/C9H17NO2/c1-3-7(2)9(12)6-8(11)4-5-10-9/h3,8,10-12H,4-6H2,1-2H3/b7-3+. The number of nitrogens with one attached hydrogen (secondary N) is 1. The van der Waals surface area contributed by atoms with Gasteiger partial charge in [0, 0.05) is 13.0 Å². The largest absolute Gasteiger partial charge is 0.393 e. The van der Waals surface area contributed by atoms with Gasteiger partial charge in [-0.2, -0.15) is 0 Å². The monoisotopic (exact) mass is 171 g/mol. The molecule has 1 aliphatic heterocycles. The van der Waals surface area contributed by atoms with E-state index in [1.807, 2.05) is 19.9 Å². The van der Waals surface area contributed by atoms with Gasteiger partial charge in [0.15, 0.2) is 0 Å². The van der Waals surface area contributed by atoms with Crippen LogP contribution in [0.1, 0.15) is 26.7 Å². The van der Waals surface area contributed by atoms with Crippen LogP contribution < -0.4 is 5.32 Å². The molecule has 0 saturated carbocycles. The molecule has 0 aromatic carbocycles. The third-order valence-corrected chi connectivity index (χ3v) is 2.51. The fourth-order valence-electron chi connectivity index (χ4n) is 1.50. The van der Waals surface area contributed by atoms with Crippen LogP contribution >= 0.6 is 0 Å². The molecule has 0 spiro atoms. The summed E-state index contributed by atoms with van der Waals surface area (Å²) in [5.74, 6) is 0. The van der Waals surface area contributed by atoms with Gasteiger partial charge in [-0.1, -0.05) is 6.08 Å². The summed E-state index contributed by atoms with van der Waals surface area (Å²) in [7, 11) is 0. The van der Waals surface area contributed by atoms with Gasteiger partial charge < -0.3 is 10.2 Å². The Bertz CT molecular complexity index is 191. The predicted octanol–water partition coefficient (Wildman–Crippen LogP) is 0.386. The second-order valence-electron chi connectivity index (χ2n) is 3.41. The van der Waals surface area contributed by atoms with Crippen LogP contribution in [-0.2, 0) is 0 Å². The highest BCUT2D eigenvalue weighted by atomic mass is 16.3. The Hall–Kier alpha value is -0.380. The lowest BCUT2D eigenvalue weighted by Crippen LogP contribution is -2.53. The van der Waals surface area contributed by atoms with Crippen molar-refractivity contribution in [2.45, 2.75) is 38.5 Å². The Labute approximate surface area is 73.1 Å². The maximum absolute atomic E-state index is 9.97. The highest BCUT2D eigenvalue weighted by Crippen LogP contribution is 2.23. The molecular formula is C9H17NO2. The van der Waals surface area contributed by atoms with Crippen molar-refractivity contribution in [3.05, 3.63) is 11.6 Å². The Kier molecular flexibility index (Phi) is 2.88. The molecule has 1 rings (SSSR count). The third kappa shape index (κ3) is 1.86. The van der Waals surface area contributed by atoms with Gasteiger partial charge in [0.05, 0.1) is 6.10 Å². The van der Waals surface area contributed by atoms with Gasteiger partial charge in [-0.3, -0.25) is 5.32 Å². The molecule has 0 aromatic rings. The molecule has 0 radical (unpaired) electrons. The molecule has 2 atom stereocenters. The Morgan fingerprint density at radius 3 is 2.83 bits per heavy atom. The van der Waals surface area contributed by atoms with Crippen molar-refractivity contribution in [1.29, 1.82) is 0 Å². The topological polar surface area (TPSA) is 52.5 Å². The normalized spacial score (nSPS) is 38.3. The number of hydrogen-bond donors (Lipinski definition) is 3. The van der Waals surface area contributed by atoms with E-state index in [1.54, 1.807) is 0 Å². The fourth-order valence-corrected chi connectivity index (χ4v) is 1.50. The SMILES string of the molecule is C/C=C(\C)C1(O)CC(O)CCN1. The van der Waals surface area contributed by atoms with E-state index in [2.05, 4.69) is 5.32 Å². The molecule has 70 valence electrons. The summed E-state index contributed by atoms with van der Waals surface area (Å²) >= 11 is 0. The van der Waals surface area contributed by atoms with Gasteiger partial charge in [-0.15, -0.1) is 0 Å². The zero-order valence-electron chi connectivity index (χ0n) is 7.67. The van der Waals surface area contributed by atoms with E-state index in [1.165, 1.54) is 0 Å². The maximum atomic E-state index is 9.97. The van der Waals surface area contributed by atoms with Gasteiger partial charge in [0.2, 0.25) is 0 Å². The summed E-state index contributed by atoms with van der Waals surface area (Å²) in [6.45, 7) is 4.42. The van der Waals surface area contributed by atoms with Crippen molar-refractivity contribution in [3.63, 3.8) is 0 Å². The fraction of sp³-hybridized carbons (Fsp3) is 0.778. The van der Waals surface area contributed by atoms with E-state index >= 15 is 0 Å². The number of aliphatic hydroxyl groups excluding tert-OH is 1. The molecule has 3 nitrogen and oxygen atoms in total. The second-order valence-corrected chi connectivity index (χ2v) is 3.41. The number of rotatable bonds is 1. The number of piperidine rings is 1. The first kappa shape index (κ1) is 9.71. The molecule has 3 N–H and O–H groups in total. The van der Waals surface area contributed by atoms with Crippen LogP contribution in [-0.4, -0.2) is 28.6 Å². The molecule has 0 bridgehead atoms. The number of allylic oxidation sites excluding steroid dienone is 1. The Balaban J connectivity index is 2.69. The summed E-state index contributed by atoms with van der Waals surface area (Å²) in [6, 6.07) is 0. The molecule has 0 aliphatic carbocycles. The van der Waals surface area contributed by atoms with Crippen molar-refractivity contribution in [3.8, 4) is 0 Å². The third-order valence-electron chi connectivity index (χ3n) is 2.51. The minimum Gasteiger partial charge on any atom is -0.393 e. The zero-order valence-corrected chi connectivity index (χ0v) is 7.67. The maximum Gasteiger partial charge on any atom is 0.140 e. The summed E-state index contributed by atoms with van der Waals surface area (Å²) in [5.41, 5.74) is -0.104. The molecule has 0 aromatic heterocycles. The van der Waals surface area contributed by atoms with Crippen molar-refractivity contribution in [1.82, 2.24) is 5.32 Å². The molecule has 1 aliphatic rings. The van der Waals surface area contributed by atoms with Crippen LogP contribution in [0.15, 0.2) is 11.6 Å². The quantitative estimate of drug-likeness (QED) is 0.500. The minimum atomic E-state index is -0.980. The van der Waals surface area contributed by atoms with E-state index < -0.39 is 5.72 Å². The van der Waals surface area contributed by atoms with Gasteiger partial charge in [0.25, 0.3) is 0 Å². The molecule has 1 fully saturated rings. The van der Waals surface area contributed by atoms with Crippen LogP contribution in [0.5, 0.6) is 0 Å². The lowest BCUT2D eigenvalue weighted by Gasteiger charge is -2.36. The van der Waals surface area contributed by atoms with Crippen LogP contribution in [0.25, 0.3) is 0 Å². The lowest BCUT2D eigenvalue weighted by atomic mass is 9.92. The first-order chi connectivity index (χ1) is 5.58. The van der Waals surface area contributed by atoms with Gasteiger partial charge in [-0.25, -0.2) is 0 Å². The Morgan fingerprint density at radius 2 is 2.33 bits per heavy atom. The zero-order chi connectivity index (χ0) is 9.19. The van der Waals surface area contributed by atoms with Crippen molar-refractivity contribution in [2.75, 3.05) is 6.54 Å². The van der Waals surface area contributed by atoms with Crippen molar-refractivity contribution >= 4 is 0 Å². The smallest absolute Gasteiger partial charge is 0.140 e. The number of hydrogen-bond acceptors (Lipinski definition) is 3. The van der Waals surface area contributed by atoms with E-state index in [0.717, 1.165) is 12.0 Å². The Morgan fingerprint density at radius 1 is 1.67 bits per heavy atom. The molecule has 1 heterocycles. The summed E-state index contributed by atoms with van der Waals surface area (Å²) < 4.78 is 0. The lowest BCUT2D eigenvalue weighted by molar-refractivity contribution is -0.0349. The molecule has 0 amide bonds. The first-order valence-electron chi connectivity index (χ1n) is 4.37. The molecule has 12 heavy (non-hydrogen) atoms. The van der Waals surface area contributed by atoms with Crippen molar-refractivity contribution in [2.24, 2.45) is 0 Å². The van der Waals surface area contributed by atoms with E-state index in [4.69, 9.17) is 0 Å². The van der Waals surface area contributed by atoms with Crippen LogP contribution in [0.2, 0.25) is 0 Å². The van der Waals surface area contributed by atoms with Gasteiger partial charge in [0.1, 0.15) is 5.72 Å². The first-order valence-corrected chi connectivity index (χ1v) is 4.37. The van der Waals surface area contributed by atoms with E-state index in [-0.39, 0.29) is 6.10 Å². The highest BCUT2D eigenvalue weighted by molar-refractivity contribution is 5.13. The predicted molar refractivity (Wildman–Crippen MR) is 47.6 cm³/mol. The number of aliphatic hydroxyl groups is 2. The van der Waals surface area contributed by atoms with Gasteiger partial charge in [-0.05, 0) is 25.8 Å². The summed E-state index contributed by atoms with van der Waals surface area (Å²) in [6.07, 6.45) is 2.60. The second kappa shape index (κ2) is 3.56. The minimum absolute atomic E-state index is 0.383. The molecule has 3 heteroatoms. The summed E-state index contributed by atoms with van der Waals surface area (Å²) in [5, 5.41) is 22.3. The van der Waals surface area contributed by atoms with E-state index in [0.29, 0.717) is 13.0 Å². The van der Waals surface area contributed by atoms with Crippen LogP contribution in [0.4, 0.5) is 0 Å². The molecule has 2 unspecified atom stereocenters. The van der Waals surface area contributed by atoms with Crippen LogP contribution in [0.3, 0.4) is 0 Å². The van der Waals surface area contributed by atoms with Crippen molar-refractivity contribution < 1.29 is 10.2 Å². The average Bonchev–Trinajstić information content (AvgIpc) is 2.02. The van der Waals surface area contributed by atoms with Crippen LogP contribution in [0, 0.1) is 0 Å². The molecule has 1 saturated heterocycles. The average molecular weight is 171 g/mol. The van der Waals surface area contributed by atoms with Gasteiger partial charge >= 0.3 is 0 Å². The van der Waals surface area contributed by atoms with E-state index in [9.17, 15) is 10.2 Å².